The lowest BCUT2D eigenvalue weighted by Gasteiger charge is -2.25. The van der Waals surface area contributed by atoms with Crippen molar-refractivity contribution < 1.29 is 43.9 Å². The molecule has 342 valence electrons. The van der Waals surface area contributed by atoms with Crippen LogP contribution in [0.2, 0.25) is 0 Å². The molecule has 5 aliphatic rings. The summed E-state index contributed by atoms with van der Waals surface area (Å²) in [6, 6.07) is 20.2. The highest BCUT2D eigenvalue weighted by atomic mass is 35.5. The van der Waals surface area contributed by atoms with Crippen LogP contribution in [-0.4, -0.2) is 85.7 Å². The maximum atomic E-state index is 12.5. The second-order valence-corrected chi connectivity index (χ2v) is 17.8. The number of carbonyl (C=O) groups is 3. The summed E-state index contributed by atoms with van der Waals surface area (Å²) in [4.78, 5) is 37.4. The molecule has 6 atom stereocenters. The molecule has 7 N–H and O–H groups in total. The molecule has 64 heavy (non-hydrogen) atoms. The molecule has 0 bridgehead atoms. The zero-order valence-electron chi connectivity index (χ0n) is 36.2. The highest BCUT2D eigenvalue weighted by Gasteiger charge is 2.34. The van der Waals surface area contributed by atoms with Crippen molar-refractivity contribution >= 4 is 30.3 Å². The third kappa shape index (κ3) is 11.7. The van der Waals surface area contributed by atoms with Crippen molar-refractivity contribution in [1.29, 1.82) is 0 Å². The number of nitrogens with one attached hydrogen (secondary N) is 4. The lowest BCUT2D eigenvalue weighted by atomic mass is 9.85. The Kier molecular flexibility index (Phi) is 16.1. The Morgan fingerprint density at radius 1 is 0.656 bits per heavy atom. The molecule has 3 fully saturated rings. The summed E-state index contributed by atoms with van der Waals surface area (Å²) in [6.45, 7) is 5.48. The second-order valence-electron chi connectivity index (χ2n) is 17.8. The first kappa shape index (κ1) is 46.6. The molecule has 0 aliphatic carbocycles. The number of hydrogen-bond donors (Lipinski definition) is 7. The number of rotatable bonds is 19. The summed E-state index contributed by atoms with van der Waals surface area (Å²) in [5, 5.41) is 44.1. The molecular formula is C50H61ClN4O9. The van der Waals surface area contributed by atoms with Gasteiger partial charge in [0, 0.05) is 35.9 Å². The number of halogens is 1. The second kappa shape index (κ2) is 22.0. The van der Waals surface area contributed by atoms with E-state index in [1.165, 1.54) is 0 Å². The van der Waals surface area contributed by atoms with Gasteiger partial charge in [-0.25, -0.2) is 0 Å². The molecule has 0 amide bonds. The van der Waals surface area contributed by atoms with Crippen LogP contribution in [0.4, 0.5) is 0 Å². The summed E-state index contributed by atoms with van der Waals surface area (Å²) in [6.07, 6.45) is 10.5. The van der Waals surface area contributed by atoms with Crippen molar-refractivity contribution in [3.8, 4) is 11.5 Å². The molecule has 14 heteroatoms. The van der Waals surface area contributed by atoms with Crippen LogP contribution in [0.3, 0.4) is 0 Å². The number of fused-ring (bicyclic) bond motifs is 1. The predicted octanol–water partition coefficient (Wildman–Crippen LogP) is 5.69. The predicted molar refractivity (Wildman–Crippen MR) is 245 cm³/mol. The molecular weight excluding hydrogens is 836 g/mol. The average molecular weight is 898 g/mol. The Balaban J connectivity index is 0.00000612. The van der Waals surface area contributed by atoms with Crippen LogP contribution < -0.4 is 30.7 Å². The van der Waals surface area contributed by atoms with Crippen LogP contribution in [0.15, 0.2) is 96.0 Å². The van der Waals surface area contributed by atoms with E-state index < -0.39 is 35.7 Å². The minimum absolute atomic E-state index is 0. The molecule has 0 unspecified atom stereocenters. The fourth-order valence-electron chi connectivity index (χ4n) is 10.1. The third-order valence-electron chi connectivity index (χ3n) is 13.5. The minimum atomic E-state index is -0.807. The Labute approximate surface area is 381 Å². The fourth-order valence-corrected chi connectivity index (χ4v) is 10.1. The smallest absolute Gasteiger partial charge is 0.307 e. The summed E-state index contributed by atoms with van der Waals surface area (Å²) >= 11 is 0. The van der Waals surface area contributed by atoms with E-state index in [4.69, 9.17) is 14.2 Å². The van der Waals surface area contributed by atoms with Crippen molar-refractivity contribution in [1.82, 2.24) is 21.3 Å². The number of hydrogen-bond acceptors (Lipinski definition) is 10. The number of aliphatic carboxylic acids is 3. The van der Waals surface area contributed by atoms with Gasteiger partial charge in [0.05, 0.1) is 17.8 Å². The van der Waals surface area contributed by atoms with E-state index in [0.717, 1.165) is 83.5 Å². The van der Waals surface area contributed by atoms with Crippen LogP contribution in [0, 0.1) is 35.5 Å². The third-order valence-corrected chi connectivity index (χ3v) is 13.5. The topological polar surface area (TPSA) is 188 Å². The zero-order chi connectivity index (χ0) is 43.7. The largest absolute Gasteiger partial charge is 0.488 e. The SMILES string of the molecule is Cl.O=C(O)[C@@H](Cc1cccc(CC2=C(Cc3cccc(C[C@H](C(=O)O)[C@H]4CCNC4)c3)C(OCc3cc(C[C@H](C(=O)O)[C@H]4CCNC4)cc4c3OCCO4)=CC=CN2)c1)[C@H]1CCNC1. The number of carboxylic acids is 3. The summed E-state index contributed by atoms with van der Waals surface area (Å²) in [7, 11) is 0. The Morgan fingerprint density at radius 2 is 1.17 bits per heavy atom. The summed E-state index contributed by atoms with van der Waals surface area (Å²) in [5.74, 6) is -1.84. The minimum Gasteiger partial charge on any atom is -0.488 e. The van der Waals surface area contributed by atoms with Gasteiger partial charge in [0.15, 0.2) is 11.5 Å². The quantitative estimate of drug-likeness (QED) is 0.0779. The van der Waals surface area contributed by atoms with Crippen LogP contribution in [-0.2, 0) is 57.8 Å². The Morgan fingerprint density at radius 3 is 1.70 bits per heavy atom. The van der Waals surface area contributed by atoms with E-state index in [0.29, 0.717) is 82.2 Å². The number of benzene rings is 3. The molecule has 13 nitrogen and oxygen atoms in total. The Bertz CT molecular complexity index is 2230. The van der Waals surface area contributed by atoms with Crippen molar-refractivity contribution in [2.24, 2.45) is 35.5 Å². The first-order chi connectivity index (χ1) is 30.7. The normalized spacial score (nSPS) is 21.8. The lowest BCUT2D eigenvalue weighted by Crippen LogP contribution is -2.27. The van der Waals surface area contributed by atoms with Gasteiger partial charge in [-0.15, -0.1) is 12.4 Å². The van der Waals surface area contributed by atoms with E-state index in [-0.39, 0.29) is 36.8 Å². The van der Waals surface area contributed by atoms with Gasteiger partial charge < -0.3 is 50.8 Å². The summed E-state index contributed by atoms with van der Waals surface area (Å²) in [5.41, 5.74) is 7.42. The molecule has 5 heterocycles. The van der Waals surface area contributed by atoms with Crippen LogP contribution in [0.25, 0.3) is 0 Å². The van der Waals surface area contributed by atoms with Crippen LogP contribution in [0.5, 0.6) is 11.5 Å². The van der Waals surface area contributed by atoms with Gasteiger partial charge in [0.25, 0.3) is 0 Å². The van der Waals surface area contributed by atoms with Gasteiger partial charge in [0.2, 0.25) is 0 Å². The highest BCUT2D eigenvalue weighted by Crippen LogP contribution is 2.38. The van der Waals surface area contributed by atoms with E-state index in [2.05, 4.69) is 45.5 Å². The van der Waals surface area contributed by atoms with E-state index in [1.807, 2.05) is 54.8 Å². The van der Waals surface area contributed by atoms with Crippen molar-refractivity contribution in [2.45, 2.75) is 58.0 Å². The maximum absolute atomic E-state index is 12.5. The van der Waals surface area contributed by atoms with Gasteiger partial charge in [0.1, 0.15) is 25.6 Å². The van der Waals surface area contributed by atoms with Crippen LogP contribution >= 0.6 is 12.4 Å². The molecule has 3 saturated heterocycles. The number of carboxylic acid groups (broad SMARTS) is 3. The van der Waals surface area contributed by atoms with Crippen molar-refractivity contribution in [3.63, 3.8) is 0 Å². The molecule has 0 radical (unpaired) electrons. The van der Waals surface area contributed by atoms with Gasteiger partial charge in [-0.1, -0.05) is 48.5 Å². The van der Waals surface area contributed by atoms with Gasteiger partial charge in [-0.2, -0.15) is 0 Å². The molecule has 0 aromatic heterocycles. The Hall–Kier alpha value is -5.34. The monoisotopic (exact) mass is 896 g/mol. The van der Waals surface area contributed by atoms with Gasteiger partial charge >= 0.3 is 17.9 Å². The molecule has 0 saturated carbocycles. The van der Waals surface area contributed by atoms with E-state index in [9.17, 15) is 29.7 Å². The standard InChI is InChI=1S/C50H60N4O9.ClH/c55-48(56)40(36-9-13-51-27-36)21-31-4-1-6-33(18-31)23-43-44(25-34-7-2-5-32(19-34)22-41(49(57)58)37-10-14-52-28-37)54-12-3-8-45(43)63-30-39-20-35(26-46-47(39)62-17-16-61-46)24-42(50(59)60)38-11-15-53-29-38;/h1-8,12,18-20,26,36-38,40-42,51-54H,9-11,13-17,21-25,27-30H2,(H,55,56)(H,57,58)(H,59,60);1H/t36-,37-,38-,40-,41-,42-;/m0./s1. The molecule has 5 aliphatic heterocycles. The molecule has 3 aromatic carbocycles. The molecule has 0 spiro atoms. The first-order valence-corrected chi connectivity index (χ1v) is 22.5. The molecule has 8 rings (SSSR count). The highest BCUT2D eigenvalue weighted by molar-refractivity contribution is 5.85. The van der Waals surface area contributed by atoms with Crippen LogP contribution in [0.1, 0.15) is 52.6 Å². The molecule has 3 aromatic rings. The maximum Gasteiger partial charge on any atom is 0.307 e. The van der Waals surface area contributed by atoms with E-state index in [1.54, 1.807) is 0 Å². The number of allylic oxidation sites excluding steroid dienone is 4. The van der Waals surface area contributed by atoms with Crippen molar-refractivity contribution in [3.05, 3.63) is 129 Å². The summed E-state index contributed by atoms with van der Waals surface area (Å²) < 4.78 is 19.0. The average Bonchev–Trinajstić information content (AvgIpc) is 4.10. The first-order valence-electron chi connectivity index (χ1n) is 22.5. The number of ether oxygens (including phenoxy) is 3. The lowest BCUT2D eigenvalue weighted by molar-refractivity contribution is -0.144. The van der Waals surface area contributed by atoms with Gasteiger partial charge in [-0.05, 0) is 148 Å². The van der Waals surface area contributed by atoms with Crippen molar-refractivity contribution in [2.75, 3.05) is 52.5 Å². The zero-order valence-corrected chi connectivity index (χ0v) is 37.0. The van der Waals surface area contributed by atoms with Gasteiger partial charge in [-0.3, -0.25) is 14.4 Å². The van der Waals surface area contributed by atoms with E-state index >= 15 is 0 Å². The fraction of sp³-hybridized carbons (Fsp3) is 0.460.